The average Bonchev–Trinajstić information content (AvgIpc) is 3.01. The number of nitrogens with one attached hydrogen (secondary N) is 2. The van der Waals surface area contributed by atoms with E-state index in [9.17, 15) is 4.79 Å². The average molecular weight is 350 g/mol. The Kier molecular flexibility index (Phi) is 6.57. The number of hydrogen-bond donors (Lipinski definition) is 2. The number of ether oxygens (including phenoxy) is 1. The molecule has 24 heavy (non-hydrogen) atoms. The Labute approximate surface area is 149 Å². The first-order chi connectivity index (χ1) is 11.5. The van der Waals surface area contributed by atoms with Crippen molar-refractivity contribution in [2.45, 2.75) is 37.6 Å². The van der Waals surface area contributed by atoms with Gasteiger partial charge >= 0.3 is 0 Å². The molecule has 0 bridgehead atoms. The van der Waals surface area contributed by atoms with Crippen LogP contribution in [0.15, 0.2) is 24.3 Å². The van der Waals surface area contributed by atoms with E-state index in [1.165, 1.54) is 12.8 Å². The Morgan fingerprint density at radius 1 is 1.25 bits per heavy atom. The minimum Gasteiger partial charge on any atom is -0.385 e. The maximum atomic E-state index is 11.9. The third-order valence-electron chi connectivity index (χ3n) is 4.52. The third kappa shape index (κ3) is 4.92. The maximum absolute atomic E-state index is 11.9. The van der Waals surface area contributed by atoms with Crippen LogP contribution in [-0.2, 0) is 4.74 Å². The fourth-order valence-corrected chi connectivity index (χ4v) is 3.48. The Balaban J connectivity index is 1.95. The van der Waals surface area contributed by atoms with Gasteiger partial charge in [0.05, 0.1) is 0 Å². The molecule has 1 amide bonds. The van der Waals surface area contributed by atoms with Crippen LogP contribution in [0.5, 0.6) is 0 Å². The van der Waals surface area contributed by atoms with Gasteiger partial charge in [-0.05, 0) is 55.7 Å². The Morgan fingerprint density at radius 3 is 2.42 bits per heavy atom. The van der Waals surface area contributed by atoms with Crippen LogP contribution in [0.2, 0.25) is 0 Å². The molecule has 0 spiro atoms. The van der Waals surface area contributed by atoms with E-state index in [1.54, 1.807) is 26.1 Å². The van der Waals surface area contributed by atoms with Crippen molar-refractivity contribution >= 4 is 28.9 Å². The monoisotopic (exact) mass is 349 g/mol. The van der Waals surface area contributed by atoms with Crippen molar-refractivity contribution in [3.63, 3.8) is 0 Å². The summed E-state index contributed by atoms with van der Waals surface area (Å²) in [6, 6.07) is 7.37. The predicted molar refractivity (Wildman–Crippen MR) is 102 cm³/mol. The number of rotatable bonds is 6. The zero-order chi connectivity index (χ0) is 17.6. The molecule has 2 N–H and O–H groups in total. The van der Waals surface area contributed by atoms with Gasteiger partial charge in [-0.25, -0.2) is 0 Å². The zero-order valence-corrected chi connectivity index (χ0v) is 15.5. The fourth-order valence-electron chi connectivity index (χ4n) is 3.14. The van der Waals surface area contributed by atoms with E-state index in [0.29, 0.717) is 10.7 Å². The van der Waals surface area contributed by atoms with Crippen molar-refractivity contribution in [3.8, 4) is 0 Å². The van der Waals surface area contributed by atoms with Crippen LogP contribution in [0, 0.1) is 0 Å². The Bertz CT molecular complexity index is 566. The molecular weight excluding hydrogens is 322 g/mol. The van der Waals surface area contributed by atoms with Crippen molar-refractivity contribution in [3.05, 3.63) is 29.8 Å². The molecule has 1 aliphatic rings. The molecule has 0 heterocycles. The fraction of sp³-hybridized carbons (Fsp3) is 0.556. The highest BCUT2D eigenvalue weighted by atomic mass is 32.1. The number of nitrogens with zero attached hydrogens (tertiary/aromatic N) is 1. The van der Waals surface area contributed by atoms with E-state index in [4.69, 9.17) is 17.0 Å². The summed E-state index contributed by atoms with van der Waals surface area (Å²) in [6.07, 6.45) is 5.64. The van der Waals surface area contributed by atoms with Crippen LogP contribution < -0.4 is 10.6 Å². The van der Waals surface area contributed by atoms with Crippen LogP contribution in [0.25, 0.3) is 0 Å². The van der Waals surface area contributed by atoms with E-state index in [-0.39, 0.29) is 11.4 Å². The predicted octanol–water partition coefficient (Wildman–Crippen LogP) is 3.02. The first-order valence-corrected chi connectivity index (χ1v) is 8.76. The summed E-state index contributed by atoms with van der Waals surface area (Å²) >= 11 is 5.48. The van der Waals surface area contributed by atoms with Crippen LogP contribution in [0.4, 0.5) is 5.69 Å². The highest BCUT2D eigenvalue weighted by Crippen LogP contribution is 2.32. The van der Waals surface area contributed by atoms with Gasteiger partial charge in [0.25, 0.3) is 5.91 Å². The summed E-state index contributed by atoms with van der Waals surface area (Å²) in [5.74, 6) is -0.00766. The van der Waals surface area contributed by atoms with Crippen molar-refractivity contribution < 1.29 is 9.53 Å². The number of methoxy groups -OCH3 is 1. The van der Waals surface area contributed by atoms with Crippen molar-refractivity contribution in [1.29, 1.82) is 0 Å². The number of carbonyl (C=O) groups excluding carboxylic acids is 1. The zero-order valence-electron chi connectivity index (χ0n) is 14.7. The van der Waals surface area contributed by atoms with Gasteiger partial charge in [0, 0.05) is 44.6 Å². The van der Waals surface area contributed by atoms with Gasteiger partial charge in [0.1, 0.15) is 0 Å². The molecule has 2 rings (SSSR count). The van der Waals surface area contributed by atoms with E-state index >= 15 is 0 Å². The van der Waals surface area contributed by atoms with Crippen LogP contribution in [-0.4, -0.2) is 49.3 Å². The van der Waals surface area contributed by atoms with Gasteiger partial charge in [0.15, 0.2) is 5.11 Å². The van der Waals surface area contributed by atoms with Gasteiger partial charge in [-0.2, -0.15) is 0 Å². The number of benzene rings is 1. The van der Waals surface area contributed by atoms with Crippen molar-refractivity contribution in [2.24, 2.45) is 0 Å². The van der Waals surface area contributed by atoms with Crippen LogP contribution >= 0.6 is 12.2 Å². The summed E-state index contributed by atoms with van der Waals surface area (Å²) in [7, 11) is 5.22. The molecule has 1 aromatic carbocycles. The standard InChI is InChI=1S/C18H27N3O2S/c1-21(2)16(22)14-6-8-15(9-7-14)19-17(24)20-18(12-13-23-3)10-4-5-11-18/h6-9H,4-5,10-13H2,1-3H3,(H2,19,20,24). The third-order valence-corrected chi connectivity index (χ3v) is 4.72. The molecule has 1 aromatic rings. The molecule has 1 aliphatic carbocycles. The molecule has 1 fully saturated rings. The molecule has 0 aliphatic heterocycles. The molecule has 132 valence electrons. The van der Waals surface area contributed by atoms with Crippen molar-refractivity contribution in [1.82, 2.24) is 10.2 Å². The smallest absolute Gasteiger partial charge is 0.253 e. The van der Waals surface area contributed by atoms with Gasteiger partial charge in [-0.1, -0.05) is 12.8 Å². The van der Waals surface area contributed by atoms with E-state index < -0.39 is 0 Å². The molecule has 6 heteroatoms. The molecule has 0 aromatic heterocycles. The summed E-state index contributed by atoms with van der Waals surface area (Å²) in [5, 5.41) is 7.34. The quantitative estimate of drug-likeness (QED) is 0.773. The molecule has 0 unspecified atom stereocenters. The summed E-state index contributed by atoms with van der Waals surface area (Å²) in [5.41, 5.74) is 1.58. The number of thiocarbonyl (C=S) groups is 1. The normalized spacial score (nSPS) is 15.8. The van der Waals surface area contributed by atoms with E-state index in [0.717, 1.165) is 31.6 Å². The number of carbonyl (C=O) groups is 1. The molecular formula is C18H27N3O2S. The summed E-state index contributed by atoms with van der Waals surface area (Å²) in [4.78, 5) is 13.5. The molecule has 0 saturated heterocycles. The number of amides is 1. The number of hydrogen-bond acceptors (Lipinski definition) is 3. The first kappa shape index (κ1) is 18.7. The van der Waals surface area contributed by atoms with Crippen LogP contribution in [0.1, 0.15) is 42.5 Å². The first-order valence-electron chi connectivity index (χ1n) is 8.36. The molecule has 1 saturated carbocycles. The number of anilines is 1. The van der Waals surface area contributed by atoms with Crippen molar-refractivity contribution in [2.75, 3.05) is 33.1 Å². The molecule has 0 radical (unpaired) electrons. The maximum Gasteiger partial charge on any atom is 0.253 e. The van der Waals surface area contributed by atoms with Gasteiger partial charge < -0.3 is 20.3 Å². The van der Waals surface area contributed by atoms with E-state index in [2.05, 4.69) is 10.6 Å². The topological polar surface area (TPSA) is 53.6 Å². The van der Waals surface area contributed by atoms with Gasteiger partial charge in [-0.3, -0.25) is 4.79 Å². The highest BCUT2D eigenvalue weighted by Gasteiger charge is 2.33. The Morgan fingerprint density at radius 2 is 1.88 bits per heavy atom. The lowest BCUT2D eigenvalue weighted by atomic mass is 9.94. The molecule has 5 nitrogen and oxygen atoms in total. The lowest BCUT2D eigenvalue weighted by Crippen LogP contribution is -2.48. The van der Waals surface area contributed by atoms with E-state index in [1.807, 2.05) is 24.3 Å². The summed E-state index contributed by atoms with van der Waals surface area (Å²) in [6.45, 7) is 0.733. The van der Waals surface area contributed by atoms with Crippen LogP contribution in [0.3, 0.4) is 0 Å². The highest BCUT2D eigenvalue weighted by molar-refractivity contribution is 7.80. The van der Waals surface area contributed by atoms with Gasteiger partial charge in [0.2, 0.25) is 0 Å². The second-order valence-electron chi connectivity index (χ2n) is 6.59. The lowest BCUT2D eigenvalue weighted by Gasteiger charge is -2.31. The Hall–Kier alpha value is -1.66. The summed E-state index contributed by atoms with van der Waals surface area (Å²) < 4.78 is 5.24. The van der Waals surface area contributed by atoms with Gasteiger partial charge in [-0.15, -0.1) is 0 Å². The SMILES string of the molecule is COCCC1(NC(=S)Nc2ccc(C(=O)N(C)C)cc2)CCCC1. The lowest BCUT2D eigenvalue weighted by molar-refractivity contribution is 0.0827. The minimum atomic E-state index is -0.00766. The minimum absolute atomic E-state index is 0.00766. The second kappa shape index (κ2) is 8.44. The second-order valence-corrected chi connectivity index (χ2v) is 6.99. The molecule has 0 atom stereocenters. The largest absolute Gasteiger partial charge is 0.385 e.